The second kappa shape index (κ2) is 6.77. The third-order valence-corrected chi connectivity index (χ3v) is 12.6. The van der Waals surface area contributed by atoms with E-state index in [9.17, 15) is 0 Å². The van der Waals surface area contributed by atoms with Crippen molar-refractivity contribution in [2.45, 2.75) is 11.0 Å². The summed E-state index contributed by atoms with van der Waals surface area (Å²) in [6.07, 6.45) is 0. The van der Waals surface area contributed by atoms with E-state index in [4.69, 9.17) is 0 Å². The standard InChI is InChI=1S/C18H24N2P2/c1-19(2)17-21(15-11-7-5-8-12-15)18(20(3)4)22(17)16-13-9-6-10-14-16/h5-14,17-18H,1-4H3. The summed E-state index contributed by atoms with van der Waals surface area (Å²) in [6.45, 7) is 0. The van der Waals surface area contributed by atoms with Crippen LogP contribution in [0.5, 0.6) is 0 Å². The average Bonchev–Trinajstić information content (AvgIpc) is 2.47. The zero-order valence-corrected chi connectivity index (χ0v) is 15.5. The van der Waals surface area contributed by atoms with Gasteiger partial charge in [-0.3, -0.25) is 9.80 Å². The summed E-state index contributed by atoms with van der Waals surface area (Å²) in [5.41, 5.74) is 1.34. The van der Waals surface area contributed by atoms with Gasteiger partial charge >= 0.3 is 0 Å². The summed E-state index contributed by atoms with van der Waals surface area (Å²) < 4.78 is 0. The first-order chi connectivity index (χ1) is 10.6. The van der Waals surface area contributed by atoms with E-state index in [0.29, 0.717) is 11.0 Å². The molecule has 3 rings (SSSR count). The Labute approximate surface area is 136 Å². The zero-order valence-electron chi connectivity index (χ0n) is 13.7. The molecule has 2 aromatic rings. The van der Waals surface area contributed by atoms with Crippen molar-refractivity contribution in [3.63, 3.8) is 0 Å². The maximum atomic E-state index is 2.46. The fourth-order valence-corrected chi connectivity index (χ4v) is 12.0. The fraction of sp³-hybridized carbons (Fsp3) is 0.333. The Bertz CT molecular complexity index is 537. The molecule has 0 aromatic heterocycles. The van der Waals surface area contributed by atoms with E-state index in [1.807, 2.05) is 0 Å². The molecule has 1 aliphatic heterocycles. The molecule has 0 N–H and O–H groups in total. The Morgan fingerprint density at radius 3 is 1.18 bits per heavy atom. The van der Waals surface area contributed by atoms with E-state index < -0.39 is 0 Å². The molecule has 0 atom stereocenters. The minimum Gasteiger partial charge on any atom is -0.298 e. The van der Waals surface area contributed by atoms with Gasteiger partial charge in [-0.15, -0.1) is 0 Å². The van der Waals surface area contributed by atoms with Crippen molar-refractivity contribution < 1.29 is 0 Å². The largest absolute Gasteiger partial charge is 0.298 e. The van der Waals surface area contributed by atoms with Gasteiger partial charge in [0.1, 0.15) is 0 Å². The third kappa shape index (κ3) is 2.86. The molecule has 0 unspecified atom stereocenters. The highest BCUT2D eigenvalue weighted by Crippen LogP contribution is 2.79. The van der Waals surface area contributed by atoms with E-state index in [0.717, 1.165) is 0 Å². The van der Waals surface area contributed by atoms with Gasteiger partial charge < -0.3 is 0 Å². The lowest BCUT2D eigenvalue weighted by atomic mass is 10.4. The molecular formula is C18H24N2P2. The van der Waals surface area contributed by atoms with Crippen molar-refractivity contribution in [1.29, 1.82) is 0 Å². The van der Waals surface area contributed by atoms with Crippen molar-refractivity contribution in [3.8, 4) is 0 Å². The lowest BCUT2D eigenvalue weighted by Gasteiger charge is -2.57. The Morgan fingerprint density at radius 1 is 0.591 bits per heavy atom. The summed E-state index contributed by atoms with van der Waals surface area (Å²) in [5.74, 6) is 0. The van der Waals surface area contributed by atoms with Crippen LogP contribution in [0.15, 0.2) is 60.7 Å². The molecule has 0 amide bonds. The molecule has 1 heterocycles. The highest BCUT2D eigenvalue weighted by atomic mass is 31.2. The second-order valence-electron chi connectivity index (χ2n) is 6.11. The maximum absolute atomic E-state index is 2.46. The molecule has 0 radical (unpaired) electrons. The van der Waals surface area contributed by atoms with Crippen molar-refractivity contribution in [2.75, 3.05) is 28.2 Å². The van der Waals surface area contributed by atoms with Gasteiger partial charge in [0, 0.05) is 0 Å². The molecule has 0 aliphatic carbocycles. The first kappa shape index (κ1) is 16.1. The van der Waals surface area contributed by atoms with Gasteiger partial charge in [-0.1, -0.05) is 60.7 Å². The molecule has 0 bridgehead atoms. The van der Waals surface area contributed by atoms with Crippen LogP contribution in [-0.2, 0) is 0 Å². The summed E-state index contributed by atoms with van der Waals surface area (Å²) in [7, 11) is 8.61. The Morgan fingerprint density at radius 2 is 0.909 bits per heavy atom. The lowest BCUT2D eigenvalue weighted by molar-refractivity contribution is 0.399. The van der Waals surface area contributed by atoms with E-state index in [2.05, 4.69) is 98.7 Å². The van der Waals surface area contributed by atoms with Crippen molar-refractivity contribution in [3.05, 3.63) is 60.7 Å². The van der Waals surface area contributed by atoms with Gasteiger partial charge in [-0.25, -0.2) is 0 Å². The van der Waals surface area contributed by atoms with E-state index >= 15 is 0 Å². The summed E-state index contributed by atoms with van der Waals surface area (Å²) in [6, 6.07) is 22.2. The van der Waals surface area contributed by atoms with Crippen LogP contribution in [0.25, 0.3) is 0 Å². The second-order valence-corrected chi connectivity index (χ2v) is 11.5. The lowest BCUT2D eigenvalue weighted by Crippen LogP contribution is -2.49. The monoisotopic (exact) mass is 330 g/mol. The maximum Gasteiger partial charge on any atom is 0.0608 e. The average molecular weight is 330 g/mol. The first-order valence-corrected chi connectivity index (χ1v) is 10.6. The van der Waals surface area contributed by atoms with Crippen molar-refractivity contribution in [2.24, 2.45) is 0 Å². The molecule has 0 saturated carbocycles. The third-order valence-electron chi connectivity index (χ3n) is 4.03. The summed E-state index contributed by atoms with van der Waals surface area (Å²) in [4.78, 5) is 4.91. The number of hydrogen-bond acceptors (Lipinski definition) is 2. The molecule has 4 heteroatoms. The Balaban J connectivity index is 2.00. The van der Waals surface area contributed by atoms with Crippen LogP contribution in [0, 0.1) is 0 Å². The molecule has 1 aliphatic rings. The smallest absolute Gasteiger partial charge is 0.0608 e. The van der Waals surface area contributed by atoms with E-state index in [1.54, 1.807) is 0 Å². The number of nitrogens with zero attached hydrogens (tertiary/aromatic N) is 2. The van der Waals surface area contributed by atoms with Gasteiger partial charge in [-0.05, 0) is 54.6 Å². The molecule has 1 saturated heterocycles. The van der Waals surface area contributed by atoms with E-state index in [1.165, 1.54) is 10.6 Å². The highest BCUT2D eigenvalue weighted by Gasteiger charge is 2.53. The molecule has 2 nitrogen and oxygen atoms in total. The molecule has 0 spiro atoms. The predicted octanol–water partition coefficient (Wildman–Crippen LogP) is 3.31. The topological polar surface area (TPSA) is 6.48 Å². The molecule has 1 fully saturated rings. The zero-order chi connectivity index (χ0) is 15.7. The highest BCUT2D eigenvalue weighted by molar-refractivity contribution is 7.99. The van der Waals surface area contributed by atoms with Gasteiger partial charge in [0.2, 0.25) is 0 Å². The number of benzene rings is 2. The van der Waals surface area contributed by atoms with Crippen LogP contribution in [0.4, 0.5) is 0 Å². The van der Waals surface area contributed by atoms with Crippen molar-refractivity contribution >= 4 is 26.5 Å². The quantitative estimate of drug-likeness (QED) is 0.794. The SMILES string of the molecule is CN(C)C1P(c2ccccc2)C(N(C)C)P1c1ccccc1. The van der Waals surface area contributed by atoms with Crippen LogP contribution < -0.4 is 10.6 Å². The summed E-state index contributed by atoms with van der Waals surface area (Å²) >= 11 is 0. The van der Waals surface area contributed by atoms with Gasteiger partial charge in [0.05, 0.1) is 11.0 Å². The molecule has 22 heavy (non-hydrogen) atoms. The van der Waals surface area contributed by atoms with Gasteiger partial charge in [0.15, 0.2) is 0 Å². The summed E-state index contributed by atoms with van der Waals surface area (Å²) in [5, 5.41) is 3.06. The Hall–Kier alpha value is -0.780. The number of rotatable bonds is 4. The molecular weight excluding hydrogens is 306 g/mol. The van der Waals surface area contributed by atoms with Crippen LogP contribution >= 0.6 is 15.8 Å². The van der Waals surface area contributed by atoms with Crippen LogP contribution in [0.1, 0.15) is 0 Å². The van der Waals surface area contributed by atoms with Crippen LogP contribution in [0.2, 0.25) is 0 Å². The predicted molar refractivity (Wildman–Crippen MR) is 101 cm³/mol. The first-order valence-electron chi connectivity index (χ1n) is 7.61. The minimum absolute atomic E-state index is 0.181. The minimum atomic E-state index is -0.181. The van der Waals surface area contributed by atoms with E-state index in [-0.39, 0.29) is 15.8 Å². The van der Waals surface area contributed by atoms with Gasteiger partial charge in [0.25, 0.3) is 0 Å². The number of hydrogen-bond donors (Lipinski definition) is 0. The normalized spacial score (nSPS) is 27.9. The Kier molecular flexibility index (Phi) is 4.95. The molecule has 116 valence electrons. The van der Waals surface area contributed by atoms with Gasteiger partial charge in [-0.2, -0.15) is 0 Å². The van der Waals surface area contributed by atoms with Crippen LogP contribution in [-0.4, -0.2) is 49.0 Å². The van der Waals surface area contributed by atoms with Crippen LogP contribution in [0.3, 0.4) is 0 Å². The molecule has 2 aromatic carbocycles. The van der Waals surface area contributed by atoms with Crippen molar-refractivity contribution in [1.82, 2.24) is 9.80 Å². The fourth-order valence-electron chi connectivity index (χ4n) is 3.17.